The fourth-order valence-electron chi connectivity index (χ4n) is 1.61. The molecule has 0 nitrogen and oxygen atoms in total. The van der Waals surface area contributed by atoms with E-state index in [9.17, 15) is 0 Å². The van der Waals surface area contributed by atoms with E-state index in [4.69, 9.17) is 0 Å². The van der Waals surface area contributed by atoms with E-state index >= 15 is 0 Å². The average molecular weight is 296 g/mol. The normalized spacial score (nSPS) is 13.4. The predicted molar refractivity (Wildman–Crippen MR) is 66.6 cm³/mol. The molecule has 0 aromatic heterocycles. The summed E-state index contributed by atoms with van der Waals surface area (Å²) in [5.41, 5.74) is 1.58. The zero-order valence-electron chi connectivity index (χ0n) is 8.53. The summed E-state index contributed by atoms with van der Waals surface area (Å²) in [5.74, 6) is 0.798. The van der Waals surface area contributed by atoms with E-state index in [1.54, 1.807) is 5.57 Å². The van der Waals surface area contributed by atoms with Gasteiger partial charge in [-0.05, 0) is 0 Å². The topological polar surface area (TPSA) is 0 Å². The van der Waals surface area contributed by atoms with Crippen molar-refractivity contribution in [3.63, 3.8) is 0 Å². The second-order valence-corrected chi connectivity index (χ2v) is 3.86. The van der Waals surface area contributed by atoms with Crippen LogP contribution in [0.5, 0.6) is 0 Å². The fourth-order valence-corrected chi connectivity index (χ4v) is 2.18. The van der Waals surface area contributed by atoms with Crippen LogP contribution in [0.25, 0.3) is 0 Å². The van der Waals surface area contributed by atoms with Crippen molar-refractivity contribution in [1.29, 1.82) is 0 Å². The molecular weight excluding hydrogens is 277 g/mol. The van der Waals surface area contributed by atoms with Crippen LogP contribution >= 0.6 is 37.2 Å². The second kappa shape index (κ2) is 10.5. The molecule has 0 aromatic carbocycles. The Balaban J connectivity index is -0.000000403. The van der Waals surface area contributed by atoms with Crippen LogP contribution < -0.4 is 0 Å². The quantitative estimate of drug-likeness (QED) is 0.721. The van der Waals surface area contributed by atoms with E-state index in [1.165, 1.54) is 17.1 Å². The van der Waals surface area contributed by atoms with Gasteiger partial charge in [-0.25, -0.2) is 0 Å². The van der Waals surface area contributed by atoms with E-state index in [-0.39, 0.29) is 37.2 Å². The van der Waals surface area contributed by atoms with Crippen molar-refractivity contribution in [3.05, 3.63) is 22.0 Å². The third kappa shape index (κ3) is 5.14. The Labute approximate surface area is 115 Å². The summed E-state index contributed by atoms with van der Waals surface area (Å²) in [4.78, 5) is 0. The first-order valence-electron chi connectivity index (χ1n) is 4.38. The summed E-state index contributed by atoms with van der Waals surface area (Å²) in [6.07, 6.45) is 8.27. The van der Waals surface area contributed by atoms with Gasteiger partial charge in [-0.2, -0.15) is 0 Å². The molecule has 0 heterocycles. The van der Waals surface area contributed by atoms with Gasteiger partial charge in [-0.1, -0.05) is 0 Å². The summed E-state index contributed by atoms with van der Waals surface area (Å²) in [5, 5.41) is 0. The van der Waals surface area contributed by atoms with Crippen molar-refractivity contribution >= 4 is 37.2 Å². The molecule has 0 fully saturated rings. The summed E-state index contributed by atoms with van der Waals surface area (Å²) in [6, 6.07) is 0. The van der Waals surface area contributed by atoms with Crippen molar-refractivity contribution in [2.24, 2.45) is 5.92 Å². The number of rotatable bonds is 3. The Hall–Kier alpha value is 0.934. The molecule has 1 aliphatic carbocycles. The zero-order valence-corrected chi connectivity index (χ0v) is 12.4. The predicted octanol–water partition coefficient (Wildman–Crippen LogP) is 4.45. The van der Waals surface area contributed by atoms with Gasteiger partial charge in [0, 0.05) is 0 Å². The van der Waals surface area contributed by atoms with Gasteiger partial charge in [-0.15, -0.1) is 37.2 Å². The van der Waals surface area contributed by atoms with Crippen LogP contribution in [0, 0.1) is 5.92 Å². The van der Waals surface area contributed by atoms with Crippen molar-refractivity contribution in [2.45, 2.75) is 33.1 Å². The van der Waals surface area contributed by atoms with Gasteiger partial charge >= 0.3 is 78.5 Å². The Morgan fingerprint density at radius 1 is 1.21 bits per heavy atom. The molecule has 0 saturated carbocycles. The molecular formula is C10H18Cl3V. The van der Waals surface area contributed by atoms with Crippen molar-refractivity contribution < 1.29 is 17.4 Å². The summed E-state index contributed by atoms with van der Waals surface area (Å²) < 4.78 is 1.52. The molecule has 0 unspecified atom stereocenters. The second-order valence-electron chi connectivity index (χ2n) is 3.02. The Bertz CT molecular complexity index is 196. The maximum absolute atomic E-state index is 2.71. The maximum Gasteiger partial charge on any atom is -0.147 e. The van der Waals surface area contributed by atoms with E-state index < -0.39 is 0 Å². The summed E-state index contributed by atoms with van der Waals surface area (Å²) in [7, 11) is 0. The van der Waals surface area contributed by atoms with Crippen LogP contribution in [0.1, 0.15) is 33.1 Å². The van der Waals surface area contributed by atoms with E-state index in [1.807, 2.05) is 0 Å². The van der Waals surface area contributed by atoms with Gasteiger partial charge in [0.1, 0.15) is 0 Å². The molecule has 0 aliphatic heterocycles. The minimum atomic E-state index is 0. The Morgan fingerprint density at radius 3 is 2.00 bits per heavy atom. The molecule has 0 aromatic rings. The standard InChI is InChI=1S/C10H15.3ClH.V/c1-3-9(4-2)10-7-5-6-8-10;;;;/h5,7,9H,3-4,6H2,1-2H3;3*1H;. The minimum absolute atomic E-state index is 0. The molecule has 4 heteroatoms. The first-order chi connectivity index (χ1) is 5.29. The van der Waals surface area contributed by atoms with Crippen molar-refractivity contribution in [2.75, 3.05) is 0 Å². The molecule has 1 aliphatic rings. The Morgan fingerprint density at radius 2 is 1.71 bits per heavy atom. The van der Waals surface area contributed by atoms with Crippen molar-refractivity contribution in [1.82, 2.24) is 0 Å². The first kappa shape index (κ1) is 20.4. The van der Waals surface area contributed by atoms with E-state index in [2.05, 4.69) is 43.4 Å². The molecule has 1 rings (SSSR count). The molecule has 0 saturated heterocycles. The summed E-state index contributed by atoms with van der Waals surface area (Å²) in [6.45, 7) is 4.54. The van der Waals surface area contributed by atoms with Gasteiger partial charge in [-0.3, -0.25) is 0 Å². The van der Waals surface area contributed by atoms with Gasteiger partial charge in [0.25, 0.3) is 0 Å². The number of halogens is 3. The van der Waals surface area contributed by atoms with Crippen LogP contribution in [0.2, 0.25) is 0 Å². The van der Waals surface area contributed by atoms with Gasteiger partial charge in [0.05, 0.1) is 0 Å². The van der Waals surface area contributed by atoms with Crippen LogP contribution in [-0.2, 0) is 17.4 Å². The largest absolute Gasteiger partial charge is 0.147 e. The maximum atomic E-state index is 2.71. The molecule has 0 amide bonds. The van der Waals surface area contributed by atoms with Crippen molar-refractivity contribution in [3.8, 4) is 0 Å². The van der Waals surface area contributed by atoms with Crippen LogP contribution in [0.3, 0.4) is 0 Å². The number of hydrogen-bond acceptors (Lipinski definition) is 0. The van der Waals surface area contributed by atoms with Gasteiger partial charge in [0.2, 0.25) is 0 Å². The molecule has 84 valence electrons. The van der Waals surface area contributed by atoms with E-state index in [0.717, 1.165) is 12.3 Å². The molecule has 0 atom stereocenters. The van der Waals surface area contributed by atoms with E-state index in [0.29, 0.717) is 0 Å². The third-order valence-electron chi connectivity index (χ3n) is 2.37. The number of hydrogen-bond donors (Lipinski definition) is 0. The molecule has 0 spiro atoms. The molecule has 0 bridgehead atoms. The minimum Gasteiger partial charge on any atom is -0.147 e. The van der Waals surface area contributed by atoms with Gasteiger partial charge in [0.15, 0.2) is 0 Å². The van der Waals surface area contributed by atoms with Gasteiger partial charge < -0.3 is 0 Å². The zero-order chi connectivity index (χ0) is 8.27. The average Bonchev–Trinajstić information content (AvgIpc) is 2.40. The molecule has 0 N–H and O–H groups in total. The number of allylic oxidation sites excluding steroid dienone is 4. The Kier molecular flexibility index (Phi) is 15.2. The first-order valence-corrected chi connectivity index (χ1v) is 5.08. The van der Waals surface area contributed by atoms with Crippen LogP contribution in [0.4, 0.5) is 0 Å². The molecule has 0 radical (unpaired) electrons. The van der Waals surface area contributed by atoms with Crippen LogP contribution in [0.15, 0.2) is 22.0 Å². The smallest absolute Gasteiger partial charge is 0.147 e. The SMILES string of the molecule is CCC(CC)C1=[C]([V])CC=C1.Cl.Cl.Cl. The molecule has 14 heavy (non-hydrogen) atoms. The fraction of sp³-hybridized carbons (Fsp3) is 0.600. The monoisotopic (exact) mass is 294 g/mol. The third-order valence-corrected chi connectivity index (χ3v) is 3.06. The summed E-state index contributed by atoms with van der Waals surface area (Å²) >= 11 is 2.71. The van der Waals surface area contributed by atoms with Crippen LogP contribution in [-0.4, -0.2) is 0 Å².